The van der Waals surface area contributed by atoms with Crippen LogP contribution < -0.4 is 0 Å². The molecule has 0 N–H and O–H groups in total. The molecular weight excluding hydrogens is 314 g/mol. The van der Waals surface area contributed by atoms with E-state index in [9.17, 15) is 0 Å². The highest BCUT2D eigenvalue weighted by Gasteiger charge is 2.19. The lowest BCUT2D eigenvalue weighted by molar-refractivity contribution is 0.939. The van der Waals surface area contributed by atoms with E-state index in [2.05, 4.69) is 76.5 Å². The molecular formula is C25H31N. The van der Waals surface area contributed by atoms with Crippen LogP contribution in [0.15, 0.2) is 81.5 Å². The first kappa shape index (κ1) is 21.2. The smallest absolute Gasteiger partial charge is 0.0529 e. The predicted molar refractivity (Wildman–Crippen MR) is 120 cm³/mol. The molecule has 1 heterocycles. The number of allylic oxidation sites excluding steroid dienone is 10. The fraction of sp³-hybridized carbons (Fsp3) is 0.200. The number of hydrogen-bond donors (Lipinski definition) is 0. The minimum Gasteiger partial charge on any atom is -0.314 e. The molecule has 0 fully saturated rings. The van der Waals surface area contributed by atoms with Crippen molar-refractivity contribution in [1.82, 2.24) is 4.57 Å². The molecule has 26 heavy (non-hydrogen) atoms. The molecule has 0 aliphatic rings. The van der Waals surface area contributed by atoms with E-state index in [-0.39, 0.29) is 0 Å². The Kier molecular flexibility index (Phi) is 8.37. The van der Waals surface area contributed by atoms with Crippen LogP contribution in [-0.2, 0) is 0 Å². The predicted octanol–water partition coefficient (Wildman–Crippen LogP) is 7.30. The molecule has 0 radical (unpaired) electrons. The maximum atomic E-state index is 4.31. The number of rotatable bonds is 10. The van der Waals surface area contributed by atoms with Crippen LogP contribution in [0.4, 0.5) is 0 Å². The van der Waals surface area contributed by atoms with Gasteiger partial charge in [-0.15, -0.1) is 13.2 Å². The summed E-state index contributed by atoms with van der Waals surface area (Å²) in [6.07, 6.45) is 18.5. The summed E-state index contributed by atoms with van der Waals surface area (Å²) >= 11 is 0. The van der Waals surface area contributed by atoms with Gasteiger partial charge in [0.05, 0.1) is 5.69 Å². The summed E-state index contributed by atoms with van der Waals surface area (Å²) in [5, 5.41) is 0. The summed E-state index contributed by atoms with van der Waals surface area (Å²) in [5.41, 5.74) is 6.78. The van der Waals surface area contributed by atoms with Crippen LogP contribution in [0.25, 0.3) is 17.3 Å². The van der Waals surface area contributed by atoms with Crippen LogP contribution in [0.1, 0.15) is 35.9 Å². The summed E-state index contributed by atoms with van der Waals surface area (Å²) in [5.74, 6) is 0.295. The molecule has 0 saturated carbocycles. The molecule has 0 amide bonds. The quantitative estimate of drug-likeness (QED) is 0.310. The van der Waals surface area contributed by atoms with Crippen molar-refractivity contribution in [2.24, 2.45) is 5.92 Å². The zero-order chi connectivity index (χ0) is 19.7. The normalized spacial score (nSPS) is 13.1. The molecule has 1 heteroatoms. The topological polar surface area (TPSA) is 4.93 Å². The van der Waals surface area contributed by atoms with Gasteiger partial charge in [-0.1, -0.05) is 75.3 Å². The second kappa shape index (κ2) is 10.2. The molecule has 1 atom stereocenters. The number of hydrogen-bond acceptors (Lipinski definition) is 0. The molecule has 0 aliphatic heterocycles. The third-order valence-electron chi connectivity index (χ3n) is 4.35. The Morgan fingerprint density at radius 1 is 1.12 bits per heavy atom. The first-order valence-electron chi connectivity index (χ1n) is 8.86. The largest absolute Gasteiger partial charge is 0.314 e. The van der Waals surface area contributed by atoms with Crippen molar-refractivity contribution < 1.29 is 0 Å². The van der Waals surface area contributed by atoms with Gasteiger partial charge in [0.2, 0.25) is 0 Å². The van der Waals surface area contributed by atoms with Crippen LogP contribution in [0.5, 0.6) is 0 Å². The van der Waals surface area contributed by atoms with Crippen molar-refractivity contribution in [3.8, 4) is 0 Å². The molecule has 0 saturated heterocycles. The molecule has 1 nitrogen and oxygen atoms in total. The average molecular weight is 346 g/mol. The Morgan fingerprint density at radius 3 is 2.35 bits per heavy atom. The highest BCUT2D eigenvalue weighted by atomic mass is 15.0. The van der Waals surface area contributed by atoms with E-state index in [1.165, 1.54) is 16.7 Å². The van der Waals surface area contributed by atoms with Crippen LogP contribution >= 0.6 is 0 Å². The van der Waals surface area contributed by atoms with E-state index in [4.69, 9.17) is 0 Å². The van der Waals surface area contributed by atoms with Crippen LogP contribution in [0, 0.1) is 19.8 Å². The summed E-state index contributed by atoms with van der Waals surface area (Å²) in [7, 11) is 0. The van der Waals surface area contributed by atoms with E-state index in [1.807, 2.05) is 30.4 Å². The Bertz CT molecular complexity index is 791. The molecule has 1 aromatic heterocycles. The zero-order valence-corrected chi connectivity index (χ0v) is 16.5. The van der Waals surface area contributed by atoms with E-state index < -0.39 is 0 Å². The molecule has 0 aromatic carbocycles. The van der Waals surface area contributed by atoms with Crippen molar-refractivity contribution in [3.63, 3.8) is 0 Å². The molecule has 1 unspecified atom stereocenters. The van der Waals surface area contributed by atoms with Crippen molar-refractivity contribution in [1.29, 1.82) is 0 Å². The standard InChI is InChI=1S/C25H31N/c1-9-13-16-24-21(7)25(23(14-10-2)15-11-3)26(22(24)8)20(6)18-17-19(5)12-4/h9-14,16-19H,1-4,6,15H2,5,7-8H3/b16-13-,18-17-,23-14-. The Morgan fingerprint density at radius 2 is 1.81 bits per heavy atom. The van der Waals surface area contributed by atoms with Gasteiger partial charge in [0.1, 0.15) is 0 Å². The Hall–Kier alpha value is -2.80. The highest BCUT2D eigenvalue weighted by Crippen LogP contribution is 2.33. The lowest BCUT2D eigenvalue weighted by atomic mass is 10.0. The average Bonchev–Trinajstić information content (AvgIpc) is 2.87. The van der Waals surface area contributed by atoms with Crippen molar-refractivity contribution in [2.45, 2.75) is 27.2 Å². The van der Waals surface area contributed by atoms with Gasteiger partial charge in [-0.05, 0) is 49.0 Å². The van der Waals surface area contributed by atoms with Crippen molar-refractivity contribution >= 4 is 17.3 Å². The minimum absolute atomic E-state index is 0.295. The molecule has 0 bridgehead atoms. The first-order chi connectivity index (χ1) is 12.4. The summed E-state index contributed by atoms with van der Waals surface area (Å²) in [6, 6.07) is 0. The van der Waals surface area contributed by atoms with E-state index in [1.54, 1.807) is 6.08 Å². The van der Waals surface area contributed by atoms with E-state index in [0.29, 0.717) is 5.92 Å². The molecule has 136 valence electrons. The Labute approximate surface area is 159 Å². The van der Waals surface area contributed by atoms with Gasteiger partial charge >= 0.3 is 0 Å². The lowest BCUT2D eigenvalue weighted by Crippen LogP contribution is -2.03. The van der Waals surface area contributed by atoms with Crippen molar-refractivity contribution in [3.05, 3.63) is 104 Å². The van der Waals surface area contributed by atoms with Gasteiger partial charge in [0.25, 0.3) is 0 Å². The van der Waals surface area contributed by atoms with E-state index in [0.717, 1.165) is 23.5 Å². The Balaban J connectivity index is 3.69. The minimum atomic E-state index is 0.295. The molecule has 1 rings (SSSR count). The highest BCUT2D eigenvalue weighted by molar-refractivity contribution is 5.78. The maximum Gasteiger partial charge on any atom is 0.0529 e. The van der Waals surface area contributed by atoms with Gasteiger partial charge in [0.15, 0.2) is 0 Å². The lowest BCUT2D eigenvalue weighted by Gasteiger charge is -2.15. The third-order valence-corrected chi connectivity index (χ3v) is 4.35. The van der Waals surface area contributed by atoms with Crippen molar-refractivity contribution in [2.75, 3.05) is 0 Å². The second-order valence-corrected chi connectivity index (χ2v) is 6.27. The zero-order valence-electron chi connectivity index (χ0n) is 16.5. The van der Waals surface area contributed by atoms with Crippen LogP contribution in [-0.4, -0.2) is 4.57 Å². The summed E-state index contributed by atoms with van der Waals surface area (Å²) in [6.45, 7) is 26.1. The maximum absolute atomic E-state index is 4.31. The van der Waals surface area contributed by atoms with Crippen LogP contribution in [0.2, 0.25) is 0 Å². The van der Waals surface area contributed by atoms with Gasteiger partial charge in [0, 0.05) is 11.4 Å². The summed E-state index contributed by atoms with van der Waals surface area (Å²) < 4.78 is 2.21. The third kappa shape index (κ3) is 4.86. The molecule has 0 aliphatic carbocycles. The molecule has 1 aromatic rings. The van der Waals surface area contributed by atoms with Gasteiger partial charge in [-0.3, -0.25) is 0 Å². The first-order valence-corrected chi connectivity index (χ1v) is 8.86. The number of nitrogens with zero attached hydrogens (tertiary/aromatic N) is 1. The fourth-order valence-electron chi connectivity index (χ4n) is 2.97. The second-order valence-electron chi connectivity index (χ2n) is 6.27. The van der Waals surface area contributed by atoms with Crippen LogP contribution in [0.3, 0.4) is 0 Å². The van der Waals surface area contributed by atoms with Gasteiger partial charge in [-0.25, -0.2) is 0 Å². The summed E-state index contributed by atoms with van der Waals surface area (Å²) in [4.78, 5) is 0. The van der Waals surface area contributed by atoms with Gasteiger partial charge in [-0.2, -0.15) is 0 Å². The monoisotopic (exact) mass is 345 g/mol. The van der Waals surface area contributed by atoms with Gasteiger partial charge < -0.3 is 4.57 Å². The fourth-order valence-corrected chi connectivity index (χ4v) is 2.97. The number of aromatic nitrogens is 1. The SMILES string of the molecule is C=C/C=C\c1c(C)c(/C(=C\C=C)CC=C)n(C(=C)/C=C\C(C)C=C)c1C. The molecule has 0 spiro atoms. The van der Waals surface area contributed by atoms with E-state index >= 15 is 0 Å².